The van der Waals surface area contributed by atoms with Gasteiger partial charge in [-0.05, 0) is 12.1 Å². The molecule has 0 spiro atoms. The second-order valence-corrected chi connectivity index (χ2v) is 9.12. The average molecular weight is 237 g/mol. The fourth-order valence-corrected chi connectivity index (χ4v) is 1.97. The minimum Gasteiger partial charge on any atom is -0.120 e. The Kier molecular flexibility index (Phi) is 1.72. The monoisotopic (exact) mass is 236 g/mol. The summed E-state index contributed by atoms with van der Waals surface area (Å²) in [5, 5.41) is 0. The van der Waals surface area contributed by atoms with Gasteiger partial charge in [-0.1, -0.05) is 18.2 Å². The van der Waals surface area contributed by atoms with Crippen molar-refractivity contribution in [1.82, 2.24) is 0 Å². The SMILES string of the molecule is FS(F)(F)(Cl)(Cl)c1ccccc1. The summed E-state index contributed by atoms with van der Waals surface area (Å²) in [6.45, 7) is 0. The molecular weight excluding hydrogens is 232 g/mol. The summed E-state index contributed by atoms with van der Waals surface area (Å²) in [7, 11) is 1.42. The van der Waals surface area contributed by atoms with E-state index in [0.29, 0.717) is 0 Å². The third-order valence-electron chi connectivity index (χ3n) is 1.19. The van der Waals surface area contributed by atoms with E-state index in [1.54, 1.807) is 0 Å². The van der Waals surface area contributed by atoms with Gasteiger partial charge in [0, 0.05) is 21.4 Å². The minimum atomic E-state index is -7.48. The van der Waals surface area contributed by atoms with E-state index >= 15 is 0 Å². The van der Waals surface area contributed by atoms with Gasteiger partial charge in [0.2, 0.25) is 0 Å². The molecule has 1 aromatic carbocycles. The van der Waals surface area contributed by atoms with Crippen molar-refractivity contribution >= 4 is 29.2 Å². The highest BCUT2D eigenvalue weighted by molar-refractivity contribution is 8.82. The van der Waals surface area contributed by atoms with Crippen molar-refractivity contribution in [2.45, 2.75) is 4.90 Å². The zero-order chi connectivity index (χ0) is 9.52. The van der Waals surface area contributed by atoms with E-state index in [9.17, 15) is 11.7 Å². The Hall–Kier alpha value is -0.0600. The maximum Gasteiger partial charge on any atom is 0.199 e. The largest absolute Gasteiger partial charge is 0.199 e. The molecule has 6 heteroatoms. The third-order valence-corrected chi connectivity index (χ3v) is 3.42. The molecule has 0 radical (unpaired) electrons. The van der Waals surface area contributed by atoms with E-state index in [1.807, 2.05) is 0 Å². The first-order valence-electron chi connectivity index (χ1n) is 2.89. The Bertz CT molecular complexity index is 290. The summed E-state index contributed by atoms with van der Waals surface area (Å²) in [6, 6.07) is 5.63. The molecule has 1 rings (SSSR count). The fraction of sp³-hybridized carbons (Fsp3) is 0. The van der Waals surface area contributed by atoms with Gasteiger partial charge in [0.25, 0.3) is 0 Å². The van der Waals surface area contributed by atoms with Crippen molar-refractivity contribution in [1.29, 1.82) is 0 Å². The molecule has 0 aliphatic carbocycles. The van der Waals surface area contributed by atoms with Crippen molar-refractivity contribution in [2.75, 3.05) is 0 Å². The molecule has 0 aromatic heterocycles. The highest BCUT2D eigenvalue weighted by atomic mass is 36.0. The van der Waals surface area contributed by atoms with E-state index in [2.05, 4.69) is 21.4 Å². The summed E-state index contributed by atoms with van der Waals surface area (Å²) in [5.74, 6) is 0. The standard InChI is InChI=1S/C6H5Cl2F3S/c7-12(8,9,10,11)6-4-2-1-3-5-6/h1-5H. The van der Waals surface area contributed by atoms with Crippen molar-refractivity contribution in [3.05, 3.63) is 30.3 Å². The molecule has 0 bridgehead atoms. The highest BCUT2D eigenvalue weighted by Crippen LogP contribution is 3.06. The Balaban J connectivity index is 3.36. The van der Waals surface area contributed by atoms with Crippen LogP contribution in [-0.2, 0) is 0 Å². The molecule has 0 N–H and O–H groups in total. The molecule has 1 aromatic rings. The number of benzene rings is 1. The van der Waals surface area contributed by atoms with Gasteiger partial charge < -0.3 is 0 Å². The summed E-state index contributed by atoms with van der Waals surface area (Å²) in [5.41, 5.74) is 0. The summed E-state index contributed by atoms with van der Waals surface area (Å²) in [4.78, 5) is -0.985. The first-order valence-corrected chi connectivity index (χ1v) is 6.69. The minimum absolute atomic E-state index is 0.849. The maximum atomic E-state index is 12.8. The van der Waals surface area contributed by atoms with E-state index in [0.717, 1.165) is 12.1 Å². The second kappa shape index (κ2) is 2.05. The number of halogens is 5. The first kappa shape index (κ1) is 10.0. The van der Waals surface area contributed by atoms with Gasteiger partial charge >= 0.3 is 0 Å². The molecule has 70 valence electrons. The topological polar surface area (TPSA) is 0 Å². The van der Waals surface area contributed by atoms with Crippen LogP contribution in [0.5, 0.6) is 0 Å². The van der Waals surface area contributed by atoms with Crippen LogP contribution in [0.1, 0.15) is 0 Å². The van der Waals surface area contributed by atoms with Gasteiger partial charge in [0.05, 0.1) is 4.90 Å². The van der Waals surface area contributed by atoms with E-state index in [1.165, 1.54) is 18.2 Å². The molecule has 0 amide bonds. The quantitative estimate of drug-likeness (QED) is 0.652. The van der Waals surface area contributed by atoms with Gasteiger partial charge in [0.15, 0.2) is 7.88 Å². The summed E-state index contributed by atoms with van der Waals surface area (Å²) < 4.78 is 38.4. The molecule has 12 heavy (non-hydrogen) atoms. The third kappa shape index (κ3) is 2.47. The van der Waals surface area contributed by atoms with Crippen molar-refractivity contribution < 1.29 is 11.7 Å². The molecule has 0 aliphatic rings. The van der Waals surface area contributed by atoms with Crippen LogP contribution in [0.25, 0.3) is 0 Å². The van der Waals surface area contributed by atoms with Gasteiger partial charge in [-0.25, -0.2) is 0 Å². The number of rotatable bonds is 1. The Morgan fingerprint density at radius 1 is 0.917 bits per heavy atom. The van der Waals surface area contributed by atoms with Crippen LogP contribution in [0, 0.1) is 0 Å². The normalized spacial score (nSPS) is 18.1. The molecular formula is C6H5Cl2F3S. The lowest BCUT2D eigenvalue weighted by atomic mass is 10.4. The summed E-state index contributed by atoms with van der Waals surface area (Å²) >= 11 is 0. The second-order valence-electron chi connectivity index (χ2n) is 2.28. The van der Waals surface area contributed by atoms with Crippen LogP contribution in [0.2, 0.25) is 0 Å². The lowest BCUT2D eigenvalue weighted by Crippen LogP contribution is -2.01. The van der Waals surface area contributed by atoms with Crippen LogP contribution in [-0.4, -0.2) is 0 Å². The van der Waals surface area contributed by atoms with E-state index < -0.39 is 12.8 Å². The zero-order valence-corrected chi connectivity index (χ0v) is 8.01. The Morgan fingerprint density at radius 3 is 1.58 bits per heavy atom. The molecule has 0 saturated heterocycles. The molecule has 0 fully saturated rings. The average Bonchev–Trinajstić information content (AvgIpc) is 1.85. The van der Waals surface area contributed by atoms with Crippen molar-refractivity contribution in [2.24, 2.45) is 0 Å². The van der Waals surface area contributed by atoms with Crippen molar-refractivity contribution in [3.63, 3.8) is 0 Å². The van der Waals surface area contributed by atoms with Crippen LogP contribution >= 0.6 is 29.2 Å². The van der Waals surface area contributed by atoms with Crippen LogP contribution in [0.4, 0.5) is 11.7 Å². The summed E-state index contributed by atoms with van der Waals surface area (Å²) in [6.07, 6.45) is 0. The highest BCUT2D eigenvalue weighted by Gasteiger charge is 2.60. The zero-order valence-electron chi connectivity index (χ0n) is 5.68. The predicted octanol–water partition coefficient (Wildman–Crippen LogP) is 4.88. The van der Waals surface area contributed by atoms with Gasteiger partial charge in [-0.2, -0.15) is 0 Å². The van der Waals surface area contributed by atoms with Crippen LogP contribution in [0.3, 0.4) is 0 Å². The van der Waals surface area contributed by atoms with Crippen LogP contribution < -0.4 is 0 Å². The van der Waals surface area contributed by atoms with Crippen molar-refractivity contribution in [3.8, 4) is 0 Å². The lowest BCUT2D eigenvalue weighted by molar-refractivity contribution is 0.606. The first-order chi connectivity index (χ1) is 5.09. The number of hydrogen-bond donors (Lipinski definition) is 0. The Morgan fingerprint density at radius 2 is 1.33 bits per heavy atom. The molecule has 0 aliphatic heterocycles. The van der Waals surface area contributed by atoms with Gasteiger partial charge in [-0.3, -0.25) is 0 Å². The number of hydrogen-bond acceptors (Lipinski definition) is 0. The Labute approximate surface area is 76.4 Å². The lowest BCUT2D eigenvalue weighted by Gasteiger charge is -2.44. The van der Waals surface area contributed by atoms with E-state index in [4.69, 9.17) is 0 Å². The maximum absolute atomic E-state index is 12.8. The van der Waals surface area contributed by atoms with E-state index in [-0.39, 0.29) is 0 Å². The molecule has 0 atom stereocenters. The molecule has 0 unspecified atom stereocenters. The molecule has 0 heterocycles. The van der Waals surface area contributed by atoms with Gasteiger partial charge in [0.1, 0.15) is 0 Å². The molecule has 0 saturated carbocycles. The molecule has 0 nitrogen and oxygen atoms in total. The van der Waals surface area contributed by atoms with Gasteiger partial charge in [-0.15, -0.1) is 11.7 Å². The fourth-order valence-electron chi connectivity index (χ4n) is 0.678. The smallest absolute Gasteiger partial charge is 0.120 e. The predicted molar refractivity (Wildman–Crippen MR) is 47.3 cm³/mol. The van der Waals surface area contributed by atoms with Crippen LogP contribution in [0.15, 0.2) is 35.2 Å².